The second-order valence-corrected chi connectivity index (χ2v) is 6.16. The molecule has 0 aliphatic rings. The van der Waals surface area contributed by atoms with Crippen molar-refractivity contribution in [2.24, 2.45) is 0 Å². The highest BCUT2D eigenvalue weighted by Crippen LogP contribution is 2.19. The molecule has 0 aliphatic carbocycles. The standard InChI is InChI=1S/C14H16FN3O2S/c1-3-16-14-9-12(6-7-17-14)21(19,20)18-11-5-4-10(2)13(15)8-11/h4-9,18H,3H2,1-2H3,(H,16,17). The lowest BCUT2D eigenvalue weighted by Gasteiger charge is -2.10. The van der Waals surface area contributed by atoms with Gasteiger partial charge in [0.25, 0.3) is 10.0 Å². The molecule has 0 amide bonds. The van der Waals surface area contributed by atoms with E-state index < -0.39 is 15.8 Å². The zero-order chi connectivity index (χ0) is 15.5. The minimum atomic E-state index is -3.78. The van der Waals surface area contributed by atoms with Crippen molar-refractivity contribution in [3.8, 4) is 0 Å². The van der Waals surface area contributed by atoms with Gasteiger partial charge in [-0.1, -0.05) is 6.07 Å². The largest absolute Gasteiger partial charge is 0.370 e. The number of rotatable bonds is 5. The molecule has 0 aliphatic heterocycles. The Morgan fingerprint density at radius 3 is 2.67 bits per heavy atom. The first-order valence-corrected chi connectivity index (χ1v) is 7.89. The monoisotopic (exact) mass is 309 g/mol. The maximum absolute atomic E-state index is 13.5. The van der Waals surface area contributed by atoms with Gasteiger partial charge in [0.1, 0.15) is 11.6 Å². The molecule has 0 saturated carbocycles. The highest BCUT2D eigenvalue weighted by Gasteiger charge is 2.15. The zero-order valence-electron chi connectivity index (χ0n) is 11.7. The summed E-state index contributed by atoms with van der Waals surface area (Å²) >= 11 is 0. The van der Waals surface area contributed by atoms with Crippen LogP contribution in [0.15, 0.2) is 41.4 Å². The number of hydrogen-bond acceptors (Lipinski definition) is 4. The van der Waals surface area contributed by atoms with Crippen molar-refractivity contribution in [1.82, 2.24) is 4.98 Å². The molecule has 0 spiro atoms. The predicted molar refractivity (Wildman–Crippen MR) is 80.3 cm³/mol. The van der Waals surface area contributed by atoms with Crippen molar-refractivity contribution < 1.29 is 12.8 Å². The SMILES string of the molecule is CCNc1cc(S(=O)(=O)Nc2ccc(C)c(F)c2)ccn1. The van der Waals surface area contributed by atoms with Gasteiger partial charge in [0.15, 0.2) is 0 Å². The second kappa shape index (κ2) is 6.09. The number of nitrogens with one attached hydrogen (secondary N) is 2. The van der Waals surface area contributed by atoms with Gasteiger partial charge in [0, 0.05) is 18.8 Å². The highest BCUT2D eigenvalue weighted by molar-refractivity contribution is 7.92. The normalized spacial score (nSPS) is 11.2. The van der Waals surface area contributed by atoms with Crippen LogP contribution in [0, 0.1) is 12.7 Å². The summed E-state index contributed by atoms with van der Waals surface area (Å²) in [6, 6.07) is 7.00. The van der Waals surface area contributed by atoms with Gasteiger partial charge >= 0.3 is 0 Å². The lowest BCUT2D eigenvalue weighted by atomic mass is 10.2. The molecular weight excluding hydrogens is 293 g/mol. The van der Waals surface area contributed by atoms with E-state index in [4.69, 9.17) is 0 Å². The molecule has 1 aromatic carbocycles. The van der Waals surface area contributed by atoms with Crippen molar-refractivity contribution in [2.45, 2.75) is 18.7 Å². The zero-order valence-corrected chi connectivity index (χ0v) is 12.5. The molecule has 0 bridgehead atoms. The van der Waals surface area contributed by atoms with Crippen LogP contribution in [0.2, 0.25) is 0 Å². The molecule has 21 heavy (non-hydrogen) atoms. The van der Waals surface area contributed by atoms with Crippen molar-refractivity contribution in [1.29, 1.82) is 0 Å². The van der Waals surface area contributed by atoms with Crippen molar-refractivity contribution in [2.75, 3.05) is 16.6 Å². The molecule has 0 saturated heterocycles. The van der Waals surface area contributed by atoms with Crippen LogP contribution in [0.5, 0.6) is 0 Å². The van der Waals surface area contributed by atoms with Crippen LogP contribution >= 0.6 is 0 Å². The van der Waals surface area contributed by atoms with Crippen molar-refractivity contribution in [3.05, 3.63) is 47.9 Å². The lowest BCUT2D eigenvalue weighted by Crippen LogP contribution is -2.14. The van der Waals surface area contributed by atoms with Gasteiger partial charge in [0.05, 0.1) is 10.6 Å². The number of sulfonamides is 1. The van der Waals surface area contributed by atoms with Gasteiger partial charge < -0.3 is 5.32 Å². The Kier molecular flexibility index (Phi) is 4.42. The first-order valence-electron chi connectivity index (χ1n) is 6.41. The average molecular weight is 309 g/mol. The Labute approximate surface area is 123 Å². The Morgan fingerprint density at radius 2 is 2.00 bits per heavy atom. The number of hydrogen-bond donors (Lipinski definition) is 2. The molecule has 2 N–H and O–H groups in total. The van der Waals surface area contributed by atoms with E-state index in [0.29, 0.717) is 17.9 Å². The van der Waals surface area contributed by atoms with E-state index >= 15 is 0 Å². The fraction of sp³-hybridized carbons (Fsp3) is 0.214. The molecule has 112 valence electrons. The first kappa shape index (κ1) is 15.2. The summed E-state index contributed by atoms with van der Waals surface area (Å²) in [5.74, 6) is 0.00808. The summed E-state index contributed by atoms with van der Waals surface area (Å²) < 4.78 is 40.3. The van der Waals surface area contributed by atoms with E-state index in [1.165, 1.54) is 30.5 Å². The van der Waals surface area contributed by atoms with Crippen LogP contribution in [0.4, 0.5) is 15.9 Å². The summed E-state index contributed by atoms with van der Waals surface area (Å²) in [5.41, 5.74) is 0.635. The van der Waals surface area contributed by atoms with Gasteiger partial charge in [-0.3, -0.25) is 4.72 Å². The number of aromatic nitrogens is 1. The number of pyridine rings is 1. The number of aryl methyl sites for hydroxylation is 1. The number of anilines is 2. The molecule has 1 heterocycles. The number of halogens is 1. The number of benzene rings is 1. The Bertz CT molecular complexity index is 748. The fourth-order valence-electron chi connectivity index (χ4n) is 1.73. The summed E-state index contributed by atoms with van der Waals surface area (Å²) in [4.78, 5) is 4.08. The minimum Gasteiger partial charge on any atom is -0.370 e. The fourth-order valence-corrected chi connectivity index (χ4v) is 2.79. The molecule has 0 radical (unpaired) electrons. The molecular formula is C14H16FN3O2S. The summed E-state index contributed by atoms with van der Waals surface area (Å²) in [5, 5.41) is 2.94. The molecule has 2 aromatic rings. The summed E-state index contributed by atoms with van der Waals surface area (Å²) in [7, 11) is -3.78. The van der Waals surface area contributed by atoms with Gasteiger partial charge in [-0.05, 0) is 37.6 Å². The second-order valence-electron chi connectivity index (χ2n) is 4.48. The molecule has 0 unspecified atom stereocenters. The number of nitrogens with zero attached hydrogens (tertiary/aromatic N) is 1. The third kappa shape index (κ3) is 3.69. The van der Waals surface area contributed by atoms with Crippen LogP contribution in [0.3, 0.4) is 0 Å². The van der Waals surface area contributed by atoms with Gasteiger partial charge in [-0.25, -0.2) is 17.8 Å². The molecule has 0 fully saturated rings. The van der Waals surface area contributed by atoms with E-state index in [0.717, 1.165) is 6.07 Å². The van der Waals surface area contributed by atoms with Gasteiger partial charge in [-0.15, -0.1) is 0 Å². The van der Waals surface area contributed by atoms with Crippen LogP contribution in [-0.2, 0) is 10.0 Å². The minimum absolute atomic E-state index is 0.0643. The van der Waals surface area contributed by atoms with E-state index in [9.17, 15) is 12.8 Å². The van der Waals surface area contributed by atoms with Crippen molar-refractivity contribution >= 4 is 21.5 Å². The molecule has 2 rings (SSSR count). The van der Waals surface area contributed by atoms with Crippen LogP contribution < -0.4 is 10.0 Å². The molecule has 1 aromatic heterocycles. The molecule has 5 nitrogen and oxygen atoms in total. The van der Waals surface area contributed by atoms with Crippen LogP contribution in [0.25, 0.3) is 0 Å². The van der Waals surface area contributed by atoms with Crippen molar-refractivity contribution in [3.63, 3.8) is 0 Å². The van der Waals surface area contributed by atoms with Crippen LogP contribution in [0.1, 0.15) is 12.5 Å². The third-order valence-electron chi connectivity index (χ3n) is 2.82. The van der Waals surface area contributed by atoms with E-state index in [1.54, 1.807) is 6.92 Å². The van der Waals surface area contributed by atoms with Gasteiger partial charge in [-0.2, -0.15) is 0 Å². The third-order valence-corrected chi connectivity index (χ3v) is 4.20. The predicted octanol–water partition coefficient (Wildman–Crippen LogP) is 2.76. The van der Waals surface area contributed by atoms with Crippen LogP contribution in [-0.4, -0.2) is 19.9 Å². The summed E-state index contributed by atoms with van der Waals surface area (Å²) in [6.45, 7) is 4.13. The molecule has 7 heteroatoms. The Balaban J connectivity index is 2.29. The Hall–Kier alpha value is -2.15. The smallest absolute Gasteiger partial charge is 0.262 e. The highest BCUT2D eigenvalue weighted by atomic mass is 32.2. The maximum Gasteiger partial charge on any atom is 0.262 e. The lowest BCUT2D eigenvalue weighted by molar-refractivity contribution is 0.601. The summed E-state index contributed by atoms with van der Waals surface area (Å²) in [6.07, 6.45) is 1.41. The van der Waals surface area contributed by atoms with E-state index in [2.05, 4.69) is 15.0 Å². The Morgan fingerprint density at radius 1 is 1.24 bits per heavy atom. The first-order chi connectivity index (χ1) is 9.92. The van der Waals surface area contributed by atoms with E-state index in [-0.39, 0.29) is 10.6 Å². The quantitative estimate of drug-likeness (QED) is 0.891. The topological polar surface area (TPSA) is 71.1 Å². The maximum atomic E-state index is 13.5. The average Bonchev–Trinajstić information content (AvgIpc) is 2.43. The van der Waals surface area contributed by atoms with E-state index in [1.807, 2.05) is 6.92 Å². The van der Waals surface area contributed by atoms with Gasteiger partial charge in [0.2, 0.25) is 0 Å². The molecule has 0 atom stereocenters.